The summed E-state index contributed by atoms with van der Waals surface area (Å²) in [6.07, 6.45) is 0.202. The van der Waals surface area contributed by atoms with Crippen molar-refractivity contribution >= 4 is 38.8 Å². The molecule has 1 atom stereocenters. The molecule has 4 aromatic heterocycles. The second-order valence-corrected chi connectivity index (χ2v) is 9.99. The lowest BCUT2D eigenvalue weighted by Crippen LogP contribution is -2.40. The number of fused-ring (bicyclic) bond motifs is 2. The Kier molecular flexibility index (Phi) is 5.15. The predicted molar refractivity (Wildman–Crippen MR) is 125 cm³/mol. The summed E-state index contributed by atoms with van der Waals surface area (Å²) in [4.78, 5) is 36.3. The van der Waals surface area contributed by atoms with Crippen LogP contribution in [0.15, 0.2) is 55.1 Å². The number of thiazole rings is 2. The average Bonchev–Trinajstić information content (AvgIpc) is 3.61. The van der Waals surface area contributed by atoms with E-state index in [1.807, 2.05) is 24.3 Å². The van der Waals surface area contributed by atoms with Crippen molar-refractivity contribution in [1.82, 2.24) is 29.8 Å². The van der Waals surface area contributed by atoms with E-state index in [4.69, 9.17) is 4.98 Å². The molecule has 0 fully saturated rings. The highest BCUT2D eigenvalue weighted by Gasteiger charge is 2.37. The quantitative estimate of drug-likeness (QED) is 0.352. The number of aromatic nitrogens is 5. The first-order valence-electron chi connectivity index (χ1n) is 10.6. The molecule has 6 rings (SSSR count). The molecule has 35 heavy (non-hydrogen) atoms. The Labute approximate surface area is 204 Å². The number of carbonyl (C=O) groups excluding carboxylic acids is 1. The number of alkyl halides is 3. The highest BCUT2D eigenvalue weighted by molar-refractivity contribution is 7.18. The van der Waals surface area contributed by atoms with Crippen LogP contribution in [0.3, 0.4) is 0 Å². The molecular formula is C23H15F3N6OS2. The second-order valence-electron chi connectivity index (χ2n) is 7.89. The first kappa shape index (κ1) is 21.9. The molecule has 0 saturated carbocycles. The van der Waals surface area contributed by atoms with Crippen molar-refractivity contribution in [1.29, 1.82) is 0 Å². The van der Waals surface area contributed by atoms with Crippen molar-refractivity contribution in [3.8, 4) is 10.7 Å². The molecule has 0 unspecified atom stereocenters. The van der Waals surface area contributed by atoms with Gasteiger partial charge in [-0.3, -0.25) is 9.78 Å². The molecule has 1 N–H and O–H groups in total. The number of hydrogen-bond acceptors (Lipinski definition) is 7. The largest absolute Gasteiger partial charge is 0.416 e. The number of rotatable bonds is 3. The van der Waals surface area contributed by atoms with Crippen molar-refractivity contribution < 1.29 is 18.0 Å². The number of nitrogens with zero attached hydrogens (tertiary/aromatic N) is 5. The summed E-state index contributed by atoms with van der Waals surface area (Å²) >= 11 is 2.52. The van der Waals surface area contributed by atoms with E-state index in [0.717, 1.165) is 56.3 Å². The van der Waals surface area contributed by atoms with Gasteiger partial charge in [-0.25, -0.2) is 15.0 Å². The van der Waals surface area contributed by atoms with Gasteiger partial charge in [0.05, 0.1) is 39.7 Å². The molecule has 5 aromatic rings. The van der Waals surface area contributed by atoms with Gasteiger partial charge >= 0.3 is 6.18 Å². The minimum atomic E-state index is -4.49. The summed E-state index contributed by atoms with van der Waals surface area (Å²) in [7, 11) is 0. The Morgan fingerprint density at radius 1 is 1.11 bits per heavy atom. The zero-order valence-corrected chi connectivity index (χ0v) is 19.4. The summed E-state index contributed by atoms with van der Waals surface area (Å²) in [6.45, 7) is 0.434. The van der Waals surface area contributed by atoms with Gasteiger partial charge in [0.25, 0.3) is 5.91 Å². The Hall–Kier alpha value is -3.64. The van der Waals surface area contributed by atoms with Crippen LogP contribution in [0.1, 0.15) is 37.7 Å². The van der Waals surface area contributed by atoms with Crippen LogP contribution in [-0.2, 0) is 12.6 Å². The standard InChI is InChI=1S/C23H15F3N6OS2/c24-23(25,26)12-5-7-27-15(9-12)20-28-10-17(35-20)22(33)32-8-6-14-18(30-11-29-14)19(32)21-31-13-3-1-2-4-16(13)34-21/h1-5,7,9-11,19H,6,8H2,(H,29,30)/t19-/m0/s1. The maximum absolute atomic E-state index is 13.6. The number of para-hydroxylation sites is 1. The third-order valence-corrected chi connectivity index (χ3v) is 7.85. The van der Waals surface area contributed by atoms with Gasteiger partial charge in [-0.15, -0.1) is 22.7 Å². The number of aromatic amines is 1. The van der Waals surface area contributed by atoms with Gasteiger partial charge in [0, 0.05) is 24.9 Å². The highest BCUT2D eigenvalue weighted by Crippen LogP contribution is 2.39. The number of nitrogens with one attached hydrogen (secondary N) is 1. The number of pyridine rings is 1. The van der Waals surface area contributed by atoms with Crippen molar-refractivity contribution in [3.05, 3.63) is 82.0 Å². The summed E-state index contributed by atoms with van der Waals surface area (Å²) < 4.78 is 40.4. The third-order valence-electron chi connectivity index (χ3n) is 5.75. The molecule has 12 heteroatoms. The van der Waals surface area contributed by atoms with Gasteiger partial charge in [0.15, 0.2) is 0 Å². The maximum atomic E-state index is 13.6. The lowest BCUT2D eigenvalue weighted by molar-refractivity contribution is -0.137. The second kappa shape index (κ2) is 8.24. The maximum Gasteiger partial charge on any atom is 0.416 e. The fourth-order valence-corrected chi connectivity index (χ4v) is 6.03. The lowest BCUT2D eigenvalue weighted by Gasteiger charge is -2.33. The molecule has 1 aromatic carbocycles. The minimum absolute atomic E-state index is 0.0693. The molecule has 0 aliphatic carbocycles. The van der Waals surface area contributed by atoms with Gasteiger partial charge < -0.3 is 9.88 Å². The van der Waals surface area contributed by atoms with Gasteiger partial charge in [0.1, 0.15) is 20.9 Å². The molecule has 7 nitrogen and oxygen atoms in total. The van der Waals surface area contributed by atoms with E-state index in [1.165, 1.54) is 17.5 Å². The van der Waals surface area contributed by atoms with Crippen LogP contribution in [0.5, 0.6) is 0 Å². The number of carbonyl (C=O) groups is 1. The topological polar surface area (TPSA) is 87.7 Å². The molecule has 1 amide bonds. The van der Waals surface area contributed by atoms with E-state index < -0.39 is 17.8 Å². The normalized spacial score (nSPS) is 16.0. The van der Waals surface area contributed by atoms with Gasteiger partial charge in [0.2, 0.25) is 0 Å². The van der Waals surface area contributed by atoms with Crippen LogP contribution in [0.25, 0.3) is 20.9 Å². The van der Waals surface area contributed by atoms with Crippen molar-refractivity contribution in [2.75, 3.05) is 6.54 Å². The summed E-state index contributed by atoms with van der Waals surface area (Å²) in [5.74, 6) is -0.279. The molecule has 1 aliphatic rings. The Morgan fingerprint density at radius 2 is 1.97 bits per heavy atom. The van der Waals surface area contributed by atoms with E-state index in [1.54, 1.807) is 11.2 Å². The number of imidazole rings is 1. The van der Waals surface area contributed by atoms with Gasteiger partial charge in [-0.1, -0.05) is 12.1 Å². The zero-order chi connectivity index (χ0) is 24.2. The Morgan fingerprint density at radius 3 is 2.80 bits per heavy atom. The van der Waals surface area contributed by atoms with Crippen LogP contribution < -0.4 is 0 Å². The third kappa shape index (κ3) is 3.88. The van der Waals surface area contributed by atoms with Crippen LogP contribution in [0.4, 0.5) is 13.2 Å². The monoisotopic (exact) mass is 512 g/mol. The summed E-state index contributed by atoms with van der Waals surface area (Å²) in [5, 5.41) is 0.991. The smallest absolute Gasteiger partial charge is 0.348 e. The molecule has 176 valence electrons. The van der Waals surface area contributed by atoms with Crippen molar-refractivity contribution in [2.45, 2.75) is 18.6 Å². The number of amides is 1. The fraction of sp³-hybridized carbons (Fsp3) is 0.174. The molecule has 5 heterocycles. The first-order valence-corrected chi connectivity index (χ1v) is 12.2. The molecule has 0 spiro atoms. The molecule has 0 radical (unpaired) electrons. The molecular weight excluding hydrogens is 497 g/mol. The molecule has 1 aliphatic heterocycles. The van der Waals surface area contributed by atoms with Crippen molar-refractivity contribution in [3.63, 3.8) is 0 Å². The average molecular weight is 513 g/mol. The van der Waals surface area contributed by atoms with Crippen LogP contribution in [0, 0.1) is 0 Å². The van der Waals surface area contributed by atoms with E-state index in [9.17, 15) is 18.0 Å². The van der Waals surface area contributed by atoms with E-state index in [2.05, 4.69) is 19.9 Å². The van der Waals surface area contributed by atoms with E-state index >= 15 is 0 Å². The van der Waals surface area contributed by atoms with Crippen LogP contribution in [0.2, 0.25) is 0 Å². The first-order chi connectivity index (χ1) is 16.9. The van der Waals surface area contributed by atoms with Gasteiger partial charge in [-0.05, 0) is 24.3 Å². The SMILES string of the molecule is O=C(c1cnc(-c2cc(C(F)(F)F)ccn2)s1)N1CCc2[nH]cnc2[C@H]1c1nc2ccccc2s1. The van der Waals surface area contributed by atoms with Crippen LogP contribution in [-0.4, -0.2) is 42.3 Å². The fourth-order valence-electron chi connectivity index (χ4n) is 4.11. The molecule has 0 bridgehead atoms. The summed E-state index contributed by atoms with van der Waals surface area (Å²) in [5.41, 5.74) is 1.80. The Balaban J connectivity index is 1.36. The Bertz CT molecular complexity index is 1520. The number of H-pyrrole nitrogens is 1. The zero-order valence-electron chi connectivity index (χ0n) is 17.8. The van der Waals surface area contributed by atoms with E-state index in [0.29, 0.717) is 17.8 Å². The molecule has 0 saturated heterocycles. The van der Waals surface area contributed by atoms with Crippen LogP contribution >= 0.6 is 22.7 Å². The van der Waals surface area contributed by atoms with E-state index in [-0.39, 0.29) is 16.6 Å². The van der Waals surface area contributed by atoms with Gasteiger partial charge in [-0.2, -0.15) is 13.2 Å². The highest BCUT2D eigenvalue weighted by atomic mass is 32.1. The predicted octanol–water partition coefficient (Wildman–Crippen LogP) is 5.34. The summed E-state index contributed by atoms with van der Waals surface area (Å²) in [6, 6.07) is 9.12. The van der Waals surface area contributed by atoms with Crippen molar-refractivity contribution in [2.24, 2.45) is 0 Å². The number of halogens is 3. The number of benzene rings is 1. The minimum Gasteiger partial charge on any atom is -0.348 e. The number of hydrogen-bond donors (Lipinski definition) is 1. The lowest BCUT2D eigenvalue weighted by atomic mass is 10.0.